The van der Waals surface area contributed by atoms with Crippen LogP contribution < -0.4 is 21.1 Å². The molecule has 1 heterocycles. The maximum atomic E-state index is 12.1. The van der Waals surface area contributed by atoms with Crippen LogP contribution in [0.25, 0.3) is 0 Å². The molecule has 6 nitrogen and oxygen atoms in total. The summed E-state index contributed by atoms with van der Waals surface area (Å²) >= 11 is 0. The first-order valence-electron chi connectivity index (χ1n) is 8.62. The fourth-order valence-electron chi connectivity index (χ4n) is 2.50. The number of carbonyl (C=O) groups excluding carboxylic acids is 1. The smallest absolute Gasteiger partial charge is 0.319 e. The van der Waals surface area contributed by atoms with E-state index in [4.69, 9.17) is 0 Å². The minimum Gasteiger partial charge on any atom is -0.373 e. The molecular formula is C19H26N4O2. The summed E-state index contributed by atoms with van der Waals surface area (Å²) in [5.41, 5.74) is 1.79. The highest BCUT2D eigenvalue weighted by Crippen LogP contribution is 2.24. The van der Waals surface area contributed by atoms with E-state index in [2.05, 4.69) is 22.5 Å². The highest BCUT2D eigenvalue weighted by molar-refractivity contribution is 5.93. The second-order valence-electron chi connectivity index (χ2n) is 5.85. The van der Waals surface area contributed by atoms with Gasteiger partial charge < -0.3 is 20.1 Å². The average Bonchev–Trinajstić information content (AvgIpc) is 2.62. The summed E-state index contributed by atoms with van der Waals surface area (Å²) in [6.07, 6.45) is 3.42. The van der Waals surface area contributed by atoms with Gasteiger partial charge in [0.2, 0.25) is 5.56 Å². The van der Waals surface area contributed by atoms with Crippen molar-refractivity contribution in [2.75, 3.05) is 30.4 Å². The topological polar surface area (TPSA) is 66.4 Å². The van der Waals surface area contributed by atoms with E-state index in [1.54, 1.807) is 22.9 Å². The van der Waals surface area contributed by atoms with E-state index in [9.17, 15) is 9.59 Å². The number of nitrogens with one attached hydrogen (secondary N) is 2. The van der Waals surface area contributed by atoms with Crippen LogP contribution in [0.2, 0.25) is 0 Å². The number of pyridine rings is 1. The Morgan fingerprint density at radius 1 is 1.12 bits per heavy atom. The van der Waals surface area contributed by atoms with Crippen LogP contribution >= 0.6 is 0 Å². The van der Waals surface area contributed by atoms with Gasteiger partial charge >= 0.3 is 6.03 Å². The number of aryl methyl sites for hydroxylation is 1. The highest BCUT2D eigenvalue weighted by atomic mass is 16.2. The summed E-state index contributed by atoms with van der Waals surface area (Å²) in [4.78, 5) is 25.7. The van der Waals surface area contributed by atoms with E-state index in [-0.39, 0.29) is 11.6 Å². The summed E-state index contributed by atoms with van der Waals surface area (Å²) in [6, 6.07) is 12.6. The van der Waals surface area contributed by atoms with E-state index >= 15 is 0 Å². The standard InChI is InChI=1S/C19H26N4O2/c1-3-22(2)17-11-5-4-10-16(17)21-19(25)20-13-7-9-15-23-14-8-6-12-18(23)24/h4-6,8,10-12,14H,3,7,9,13,15H2,1-2H3,(H2,20,21,25). The molecular weight excluding hydrogens is 316 g/mol. The molecule has 2 amide bonds. The zero-order chi connectivity index (χ0) is 18.1. The van der Waals surface area contributed by atoms with E-state index in [1.807, 2.05) is 37.4 Å². The minimum absolute atomic E-state index is 0.00449. The van der Waals surface area contributed by atoms with Crippen molar-refractivity contribution in [3.63, 3.8) is 0 Å². The average molecular weight is 342 g/mol. The number of anilines is 2. The summed E-state index contributed by atoms with van der Waals surface area (Å²) < 4.78 is 1.68. The van der Waals surface area contributed by atoms with Crippen LogP contribution in [0.5, 0.6) is 0 Å². The molecule has 0 spiro atoms. The Bertz CT molecular complexity index is 742. The third kappa shape index (κ3) is 5.67. The summed E-state index contributed by atoms with van der Waals surface area (Å²) in [5.74, 6) is 0. The summed E-state index contributed by atoms with van der Waals surface area (Å²) in [5, 5.41) is 5.76. The first kappa shape index (κ1) is 18.6. The lowest BCUT2D eigenvalue weighted by atomic mass is 10.2. The number of urea groups is 1. The Labute approximate surface area is 148 Å². The first-order valence-corrected chi connectivity index (χ1v) is 8.62. The molecule has 0 aliphatic carbocycles. The molecule has 0 radical (unpaired) electrons. The van der Waals surface area contributed by atoms with Gasteiger partial charge in [0, 0.05) is 38.9 Å². The Balaban J connectivity index is 1.74. The van der Waals surface area contributed by atoms with Crippen LogP contribution in [-0.2, 0) is 6.54 Å². The number of unbranched alkanes of at least 4 members (excludes halogenated alkanes) is 1. The van der Waals surface area contributed by atoms with Crippen molar-refractivity contribution >= 4 is 17.4 Å². The van der Waals surface area contributed by atoms with Gasteiger partial charge in [0.1, 0.15) is 0 Å². The second-order valence-corrected chi connectivity index (χ2v) is 5.85. The Morgan fingerprint density at radius 3 is 2.64 bits per heavy atom. The molecule has 6 heteroatoms. The Kier molecular flexibility index (Phi) is 7.07. The molecule has 0 unspecified atom stereocenters. The van der Waals surface area contributed by atoms with E-state index < -0.39 is 0 Å². The number of benzene rings is 1. The molecule has 2 N–H and O–H groups in total. The number of hydrogen-bond donors (Lipinski definition) is 2. The van der Waals surface area contributed by atoms with Crippen LogP contribution in [0, 0.1) is 0 Å². The SMILES string of the molecule is CCN(C)c1ccccc1NC(=O)NCCCCn1ccccc1=O. The molecule has 0 bridgehead atoms. The van der Waals surface area contributed by atoms with Crippen LogP contribution in [0.3, 0.4) is 0 Å². The third-order valence-corrected chi connectivity index (χ3v) is 4.05. The normalized spacial score (nSPS) is 10.3. The van der Waals surface area contributed by atoms with Crippen LogP contribution in [0.4, 0.5) is 16.2 Å². The van der Waals surface area contributed by atoms with Crippen molar-refractivity contribution in [2.45, 2.75) is 26.3 Å². The molecule has 0 aliphatic heterocycles. The number of rotatable bonds is 8. The van der Waals surface area contributed by atoms with Crippen LogP contribution in [0.1, 0.15) is 19.8 Å². The molecule has 0 fully saturated rings. The quantitative estimate of drug-likeness (QED) is 0.725. The molecule has 1 aromatic carbocycles. The summed E-state index contributed by atoms with van der Waals surface area (Å²) in [6.45, 7) is 4.15. The van der Waals surface area contributed by atoms with E-state index in [0.29, 0.717) is 13.1 Å². The number of nitrogens with zero attached hydrogens (tertiary/aromatic N) is 2. The number of aromatic nitrogens is 1. The second kappa shape index (κ2) is 9.52. The van der Waals surface area contributed by atoms with E-state index in [1.165, 1.54) is 0 Å². The molecule has 2 aromatic rings. The van der Waals surface area contributed by atoms with Crippen LogP contribution in [0.15, 0.2) is 53.5 Å². The predicted molar refractivity (Wildman–Crippen MR) is 102 cm³/mol. The van der Waals surface area contributed by atoms with Crippen molar-refractivity contribution in [2.24, 2.45) is 0 Å². The predicted octanol–water partition coefficient (Wildman–Crippen LogP) is 2.91. The molecule has 0 atom stereocenters. The lowest BCUT2D eigenvalue weighted by Gasteiger charge is -2.20. The molecule has 1 aromatic heterocycles. The molecule has 134 valence electrons. The van der Waals surface area contributed by atoms with Gasteiger partial charge in [-0.1, -0.05) is 18.2 Å². The fraction of sp³-hybridized carbons (Fsp3) is 0.368. The van der Waals surface area contributed by atoms with Gasteiger partial charge in [0.25, 0.3) is 0 Å². The molecule has 0 aliphatic rings. The monoisotopic (exact) mass is 342 g/mol. The first-order chi connectivity index (χ1) is 12.1. The fourth-order valence-corrected chi connectivity index (χ4v) is 2.50. The van der Waals surface area contributed by atoms with Crippen molar-refractivity contribution in [3.8, 4) is 0 Å². The van der Waals surface area contributed by atoms with Gasteiger partial charge in [-0.15, -0.1) is 0 Å². The van der Waals surface area contributed by atoms with Gasteiger partial charge in [-0.05, 0) is 38.0 Å². The van der Waals surface area contributed by atoms with Gasteiger partial charge in [0.15, 0.2) is 0 Å². The van der Waals surface area contributed by atoms with Crippen LogP contribution in [-0.4, -0.2) is 30.7 Å². The van der Waals surface area contributed by atoms with Gasteiger partial charge in [-0.25, -0.2) is 4.79 Å². The lowest BCUT2D eigenvalue weighted by Crippen LogP contribution is -2.30. The highest BCUT2D eigenvalue weighted by Gasteiger charge is 2.08. The zero-order valence-electron chi connectivity index (χ0n) is 14.9. The summed E-state index contributed by atoms with van der Waals surface area (Å²) in [7, 11) is 1.99. The van der Waals surface area contributed by atoms with Gasteiger partial charge in [0.05, 0.1) is 11.4 Å². The number of carbonyl (C=O) groups is 1. The third-order valence-electron chi connectivity index (χ3n) is 4.05. The molecule has 2 rings (SSSR count). The number of amides is 2. The van der Waals surface area contributed by atoms with Crippen molar-refractivity contribution in [1.29, 1.82) is 0 Å². The van der Waals surface area contributed by atoms with Crippen molar-refractivity contribution in [3.05, 3.63) is 59.0 Å². The van der Waals surface area contributed by atoms with Gasteiger partial charge in [-0.2, -0.15) is 0 Å². The Hall–Kier alpha value is -2.76. The Morgan fingerprint density at radius 2 is 1.88 bits per heavy atom. The number of hydrogen-bond acceptors (Lipinski definition) is 3. The largest absolute Gasteiger partial charge is 0.373 e. The molecule has 0 saturated carbocycles. The van der Waals surface area contributed by atoms with Crippen molar-refractivity contribution in [1.82, 2.24) is 9.88 Å². The number of para-hydroxylation sites is 2. The maximum Gasteiger partial charge on any atom is 0.319 e. The van der Waals surface area contributed by atoms with Gasteiger partial charge in [-0.3, -0.25) is 4.79 Å². The minimum atomic E-state index is -0.214. The molecule has 0 saturated heterocycles. The van der Waals surface area contributed by atoms with Crippen molar-refractivity contribution < 1.29 is 4.79 Å². The van der Waals surface area contributed by atoms with E-state index in [0.717, 1.165) is 30.8 Å². The zero-order valence-corrected chi connectivity index (χ0v) is 14.9. The molecule has 25 heavy (non-hydrogen) atoms. The lowest BCUT2D eigenvalue weighted by molar-refractivity contribution is 0.252. The maximum absolute atomic E-state index is 12.1.